The van der Waals surface area contributed by atoms with Crippen molar-refractivity contribution in [2.45, 2.75) is 60.8 Å². The highest BCUT2D eigenvalue weighted by Gasteiger charge is 2.39. The fraction of sp³-hybridized carbons (Fsp3) is 1.00. The topological polar surface area (TPSA) is 46.2 Å². The van der Waals surface area contributed by atoms with Gasteiger partial charge in [0.2, 0.25) is 0 Å². The highest BCUT2D eigenvalue weighted by Crippen LogP contribution is 2.40. The summed E-state index contributed by atoms with van der Waals surface area (Å²) in [5, 5.41) is 4.77. The number of thioether (sulfide) groups is 2. The van der Waals surface area contributed by atoms with E-state index in [1.165, 1.54) is 30.6 Å². The van der Waals surface area contributed by atoms with Crippen LogP contribution in [0.1, 0.15) is 39.0 Å². The Morgan fingerprint density at radius 2 is 1.95 bits per heavy atom. The number of hydrogen-bond acceptors (Lipinski definition) is 5. The number of nitrogens with one attached hydrogen (secondary N) is 1. The van der Waals surface area contributed by atoms with Crippen molar-refractivity contribution >= 4 is 33.4 Å². The van der Waals surface area contributed by atoms with Gasteiger partial charge in [0.05, 0.1) is 5.25 Å². The van der Waals surface area contributed by atoms with Crippen LogP contribution in [0.4, 0.5) is 0 Å². The minimum absolute atomic E-state index is 0.117. The summed E-state index contributed by atoms with van der Waals surface area (Å²) in [4.78, 5) is 0. The van der Waals surface area contributed by atoms with Crippen LogP contribution in [0.3, 0.4) is 0 Å². The summed E-state index contributed by atoms with van der Waals surface area (Å²) in [7, 11) is -0.833. The highest BCUT2D eigenvalue weighted by molar-refractivity contribution is 8.07. The molecule has 3 nitrogen and oxygen atoms in total. The Morgan fingerprint density at radius 3 is 2.57 bits per heavy atom. The maximum Gasteiger partial charge on any atom is 0.150 e. The summed E-state index contributed by atoms with van der Waals surface area (Å²) in [6.07, 6.45) is 6.56. The van der Waals surface area contributed by atoms with Crippen molar-refractivity contribution in [2.75, 3.05) is 24.8 Å². The van der Waals surface area contributed by atoms with Crippen LogP contribution >= 0.6 is 23.5 Å². The van der Waals surface area contributed by atoms with E-state index >= 15 is 0 Å². The van der Waals surface area contributed by atoms with Gasteiger partial charge in [0.25, 0.3) is 0 Å². The third-order valence-electron chi connectivity index (χ3n) is 4.96. The fourth-order valence-corrected chi connectivity index (χ4v) is 8.41. The summed E-state index contributed by atoms with van der Waals surface area (Å²) >= 11 is 4.20. The van der Waals surface area contributed by atoms with E-state index in [0.29, 0.717) is 22.5 Å². The molecular weight excluding hydrogens is 322 g/mol. The molecule has 0 aromatic heterocycles. The normalized spacial score (nSPS) is 36.3. The number of rotatable bonds is 5. The van der Waals surface area contributed by atoms with Crippen LogP contribution in [0.25, 0.3) is 0 Å². The molecule has 124 valence electrons. The molecule has 21 heavy (non-hydrogen) atoms. The van der Waals surface area contributed by atoms with Crippen molar-refractivity contribution < 1.29 is 8.42 Å². The van der Waals surface area contributed by atoms with Gasteiger partial charge < -0.3 is 5.32 Å². The monoisotopic (exact) mass is 351 g/mol. The largest absolute Gasteiger partial charge is 0.316 e. The quantitative estimate of drug-likeness (QED) is 0.825. The minimum atomic E-state index is -2.89. The summed E-state index contributed by atoms with van der Waals surface area (Å²) < 4.78 is 23.8. The van der Waals surface area contributed by atoms with Gasteiger partial charge in [-0.2, -0.15) is 23.5 Å². The molecule has 2 rings (SSSR count). The van der Waals surface area contributed by atoms with Gasteiger partial charge in [-0.3, -0.25) is 0 Å². The molecule has 0 radical (unpaired) electrons. The molecule has 1 saturated heterocycles. The first-order valence-corrected chi connectivity index (χ1v) is 12.1. The highest BCUT2D eigenvalue weighted by atomic mass is 32.2. The molecule has 0 amide bonds. The van der Waals surface area contributed by atoms with Crippen molar-refractivity contribution in [2.24, 2.45) is 5.92 Å². The Bertz CT molecular complexity index is 427. The maximum atomic E-state index is 11.9. The fourth-order valence-electron chi connectivity index (χ4n) is 3.84. The van der Waals surface area contributed by atoms with E-state index in [1.54, 1.807) is 0 Å². The van der Waals surface area contributed by atoms with Crippen molar-refractivity contribution in [1.29, 1.82) is 0 Å². The predicted octanol–water partition coefficient (Wildman–Crippen LogP) is 2.81. The Morgan fingerprint density at radius 1 is 1.24 bits per heavy atom. The van der Waals surface area contributed by atoms with E-state index in [0.717, 1.165) is 19.3 Å². The van der Waals surface area contributed by atoms with Crippen molar-refractivity contribution in [1.82, 2.24) is 5.32 Å². The van der Waals surface area contributed by atoms with Gasteiger partial charge in [0.1, 0.15) is 9.84 Å². The second-order valence-electron chi connectivity index (χ2n) is 6.35. The first kappa shape index (κ1) is 18.0. The molecular formula is C15H29NO2S3. The maximum absolute atomic E-state index is 11.9. The van der Waals surface area contributed by atoms with Crippen LogP contribution in [0.2, 0.25) is 0 Å². The lowest BCUT2D eigenvalue weighted by atomic mass is 9.81. The third-order valence-corrected chi connectivity index (χ3v) is 9.97. The van der Waals surface area contributed by atoms with Crippen LogP contribution in [0.5, 0.6) is 0 Å². The molecule has 2 fully saturated rings. The van der Waals surface area contributed by atoms with Gasteiger partial charge in [-0.25, -0.2) is 8.42 Å². The first-order chi connectivity index (χ1) is 9.97. The van der Waals surface area contributed by atoms with Crippen molar-refractivity contribution in [3.63, 3.8) is 0 Å². The van der Waals surface area contributed by atoms with E-state index in [1.807, 2.05) is 0 Å². The van der Waals surface area contributed by atoms with Gasteiger partial charge >= 0.3 is 0 Å². The summed E-state index contributed by atoms with van der Waals surface area (Å²) in [5.41, 5.74) is 0. The third kappa shape index (κ3) is 4.55. The van der Waals surface area contributed by atoms with Crippen LogP contribution < -0.4 is 5.32 Å². The second-order valence-corrected chi connectivity index (χ2v) is 11.3. The molecule has 1 aliphatic heterocycles. The molecule has 2 aliphatic rings. The zero-order valence-corrected chi connectivity index (χ0v) is 15.8. The van der Waals surface area contributed by atoms with Gasteiger partial charge in [-0.15, -0.1) is 0 Å². The Kier molecular flexibility index (Phi) is 6.78. The number of sulfone groups is 1. The molecule has 1 saturated carbocycles. The van der Waals surface area contributed by atoms with E-state index in [4.69, 9.17) is 0 Å². The Hall–Kier alpha value is 0.610. The first-order valence-electron chi connectivity index (χ1n) is 8.06. The summed E-state index contributed by atoms with van der Waals surface area (Å²) in [5.74, 6) is 2.99. The lowest BCUT2D eigenvalue weighted by molar-refractivity contribution is 0.271. The second kappa shape index (κ2) is 7.93. The van der Waals surface area contributed by atoms with Gasteiger partial charge in [-0.05, 0) is 38.6 Å². The number of hydrogen-bond donors (Lipinski definition) is 1. The average molecular weight is 352 g/mol. The SMILES string of the molecule is CCC1SCCSC1C(NC)C1CCCC(S(C)(=O)=O)C1. The Balaban J connectivity index is 2.09. The van der Waals surface area contributed by atoms with Gasteiger partial charge in [0.15, 0.2) is 0 Å². The van der Waals surface area contributed by atoms with Crippen LogP contribution in [-0.4, -0.2) is 55.0 Å². The van der Waals surface area contributed by atoms with Crippen LogP contribution in [0, 0.1) is 5.92 Å². The standard InChI is InChI=1S/C15H29NO2S3/c1-4-13-15(20-9-8-19-13)14(16-2)11-6-5-7-12(10-11)21(3,17)18/h11-16H,4-10H2,1-3H3. The van der Waals surface area contributed by atoms with Gasteiger partial charge in [-0.1, -0.05) is 13.3 Å². The lowest BCUT2D eigenvalue weighted by Gasteiger charge is -2.42. The molecule has 0 aromatic rings. The minimum Gasteiger partial charge on any atom is -0.316 e. The van der Waals surface area contributed by atoms with E-state index in [9.17, 15) is 8.42 Å². The predicted molar refractivity (Wildman–Crippen MR) is 96.2 cm³/mol. The lowest BCUT2D eigenvalue weighted by Crippen LogP contribution is -2.50. The zero-order chi connectivity index (χ0) is 15.5. The molecule has 1 heterocycles. The smallest absolute Gasteiger partial charge is 0.150 e. The Labute approximate surface area is 138 Å². The molecule has 0 bridgehead atoms. The van der Waals surface area contributed by atoms with Crippen LogP contribution in [0.15, 0.2) is 0 Å². The molecule has 5 atom stereocenters. The molecule has 0 aromatic carbocycles. The zero-order valence-electron chi connectivity index (χ0n) is 13.4. The van der Waals surface area contributed by atoms with Crippen molar-refractivity contribution in [3.05, 3.63) is 0 Å². The van der Waals surface area contributed by atoms with E-state index in [-0.39, 0.29) is 5.25 Å². The van der Waals surface area contributed by atoms with Gasteiger partial charge in [0, 0.05) is 34.3 Å². The van der Waals surface area contributed by atoms with E-state index in [2.05, 4.69) is 42.8 Å². The summed E-state index contributed by atoms with van der Waals surface area (Å²) in [6.45, 7) is 2.28. The average Bonchev–Trinajstić information content (AvgIpc) is 2.48. The summed E-state index contributed by atoms with van der Waals surface area (Å²) in [6, 6.07) is 0.456. The molecule has 6 heteroatoms. The molecule has 5 unspecified atom stereocenters. The van der Waals surface area contributed by atoms with Crippen molar-refractivity contribution in [3.8, 4) is 0 Å². The molecule has 0 spiro atoms. The molecule has 1 aliphatic carbocycles. The van der Waals surface area contributed by atoms with E-state index < -0.39 is 9.84 Å². The van der Waals surface area contributed by atoms with Crippen LogP contribution in [-0.2, 0) is 9.84 Å². The molecule has 1 N–H and O–H groups in total.